The number of carbonyl (C=O) groups excluding carboxylic acids is 2. The third kappa shape index (κ3) is 4.60. The standard InChI is InChI=1S/C23H20N2O3S/c26-22(16-25-19-11-5-6-12-20(19)28-15-14-23(25)27)24-18-10-4-7-13-21(18)29-17-8-2-1-3-9-17/h1-13H,14-16H2,(H,24,26). The number of amides is 2. The van der Waals surface area contributed by atoms with Crippen LogP contribution in [0.5, 0.6) is 5.75 Å². The Morgan fingerprint density at radius 1 is 0.966 bits per heavy atom. The first-order chi connectivity index (χ1) is 14.2. The fraction of sp³-hybridized carbons (Fsp3) is 0.130. The molecule has 0 bridgehead atoms. The molecule has 0 atom stereocenters. The Kier molecular flexibility index (Phi) is 5.81. The van der Waals surface area contributed by atoms with Crippen LogP contribution in [0.3, 0.4) is 0 Å². The monoisotopic (exact) mass is 404 g/mol. The van der Waals surface area contributed by atoms with Crippen LogP contribution in [0.1, 0.15) is 6.42 Å². The van der Waals surface area contributed by atoms with E-state index in [0.29, 0.717) is 18.0 Å². The van der Waals surface area contributed by atoms with Crippen LogP contribution in [0.15, 0.2) is 88.7 Å². The number of fused-ring (bicyclic) bond motifs is 1. The Bertz CT molecular complexity index is 1020. The summed E-state index contributed by atoms with van der Waals surface area (Å²) in [6, 6.07) is 24.9. The smallest absolute Gasteiger partial charge is 0.244 e. The van der Waals surface area contributed by atoms with Gasteiger partial charge in [-0.1, -0.05) is 54.2 Å². The zero-order chi connectivity index (χ0) is 20.1. The first kappa shape index (κ1) is 19.1. The Balaban J connectivity index is 1.51. The highest BCUT2D eigenvalue weighted by Crippen LogP contribution is 2.34. The normalized spacial score (nSPS) is 13.2. The van der Waals surface area contributed by atoms with Crippen molar-refractivity contribution in [2.75, 3.05) is 23.4 Å². The van der Waals surface area contributed by atoms with Crippen LogP contribution in [0, 0.1) is 0 Å². The molecule has 0 saturated heterocycles. The Morgan fingerprint density at radius 3 is 2.55 bits per heavy atom. The summed E-state index contributed by atoms with van der Waals surface area (Å²) in [6.07, 6.45) is 0.238. The van der Waals surface area contributed by atoms with Crippen LogP contribution >= 0.6 is 11.8 Å². The van der Waals surface area contributed by atoms with Gasteiger partial charge in [0.2, 0.25) is 11.8 Å². The van der Waals surface area contributed by atoms with Gasteiger partial charge in [0.15, 0.2) is 0 Å². The SMILES string of the molecule is O=C(CN1C(=O)CCOc2ccccc21)Nc1ccccc1Sc1ccccc1. The fourth-order valence-electron chi connectivity index (χ4n) is 3.10. The summed E-state index contributed by atoms with van der Waals surface area (Å²) in [5, 5.41) is 2.96. The Labute approximate surface area is 173 Å². The number of carbonyl (C=O) groups is 2. The molecule has 1 aliphatic heterocycles. The molecule has 3 aromatic carbocycles. The maximum Gasteiger partial charge on any atom is 0.244 e. The summed E-state index contributed by atoms with van der Waals surface area (Å²) in [5.41, 5.74) is 1.34. The lowest BCUT2D eigenvalue weighted by Crippen LogP contribution is -2.37. The minimum Gasteiger partial charge on any atom is -0.491 e. The van der Waals surface area contributed by atoms with Crippen molar-refractivity contribution in [1.29, 1.82) is 0 Å². The van der Waals surface area contributed by atoms with Gasteiger partial charge in [-0.2, -0.15) is 0 Å². The van der Waals surface area contributed by atoms with E-state index in [0.717, 1.165) is 15.5 Å². The maximum atomic E-state index is 12.8. The Morgan fingerprint density at radius 2 is 1.69 bits per heavy atom. The van der Waals surface area contributed by atoms with E-state index in [1.54, 1.807) is 17.8 Å². The second-order valence-electron chi connectivity index (χ2n) is 6.51. The average Bonchev–Trinajstić information content (AvgIpc) is 2.89. The van der Waals surface area contributed by atoms with E-state index >= 15 is 0 Å². The molecule has 0 radical (unpaired) electrons. The van der Waals surface area contributed by atoms with Crippen molar-refractivity contribution in [2.24, 2.45) is 0 Å². The summed E-state index contributed by atoms with van der Waals surface area (Å²) in [5.74, 6) is 0.236. The average molecular weight is 404 g/mol. The molecule has 0 fully saturated rings. The summed E-state index contributed by atoms with van der Waals surface area (Å²) in [7, 11) is 0. The number of rotatable bonds is 5. The second kappa shape index (κ2) is 8.84. The molecule has 5 nitrogen and oxygen atoms in total. The molecule has 2 amide bonds. The molecule has 0 aliphatic carbocycles. The highest BCUT2D eigenvalue weighted by atomic mass is 32.2. The molecule has 146 valence electrons. The number of nitrogens with zero attached hydrogens (tertiary/aromatic N) is 1. The van der Waals surface area contributed by atoms with Gasteiger partial charge in [0.1, 0.15) is 12.3 Å². The van der Waals surface area contributed by atoms with Crippen molar-refractivity contribution < 1.29 is 14.3 Å². The lowest BCUT2D eigenvalue weighted by molar-refractivity contribution is -0.121. The van der Waals surface area contributed by atoms with Crippen LogP contribution in [0.2, 0.25) is 0 Å². The summed E-state index contributed by atoms with van der Waals surface area (Å²) in [4.78, 5) is 28.9. The number of hydrogen-bond donors (Lipinski definition) is 1. The van der Waals surface area contributed by atoms with Crippen LogP contribution in [-0.4, -0.2) is 25.0 Å². The van der Waals surface area contributed by atoms with Crippen LogP contribution in [0.25, 0.3) is 0 Å². The predicted molar refractivity (Wildman–Crippen MR) is 115 cm³/mol. The highest BCUT2D eigenvalue weighted by Gasteiger charge is 2.25. The van der Waals surface area contributed by atoms with Gasteiger partial charge in [-0.05, 0) is 36.4 Å². The second-order valence-corrected chi connectivity index (χ2v) is 7.62. The van der Waals surface area contributed by atoms with Gasteiger partial charge in [-0.3, -0.25) is 14.5 Å². The molecule has 29 heavy (non-hydrogen) atoms. The molecule has 0 unspecified atom stereocenters. The van der Waals surface area contributed by atoms with Gasteiger partial charge < -0.3 is 10.1 Å². The van der Waals surface area contributed by atoms with Gasteiger partial charge in [0.05, 0.1) is 24.4 Å². The van der Waals surface area contributed by atoms with Crippen LogP contribution < -0.4 is 15.0 Å². The molecule has 0 saturated carbocycles. The molecule has 0 aromatic heterocycles. The van der Waals surface area contributed by atoms with Crippen LogP contribution in [-0.2, 0) is 9.59 Å². The largest absolute Gasteiger partial charge is 0.491 e. The van der Waals surface area contributed by atoms with E-state index in [4.69, 9.17) is 4.74 Å². The van der Waals surface area contributed by atoms with E-state index < -0.39 is 0 Å². The summed E-state index contributed by atoms with van der Waals surface area (Å²) in [6.45, 7) is 0.244. The van der Waals surface area contributed by atoms with Gasteiger partial charge in [-0.25, -0.2) is 0 Å². The summed E-state index contributed by atoms with van der Waals surface area (Å²) >= 11 is 1.58. The van der Waals surface area contributed by atoms with Crippen molar-refractivity contribution in [3.05, 3.63) is 78.9 Å². The molecule has 6 heteroatoms. The van der Waals surface area contributed by atoms with Crippen molar-refractivity contribution in [2.45, 2.75) is 16.2 Å². The first-order valence-corrected chi connectivity index (χ1v) is 10.2. The van der Waals surface area contributed by atoms with Crippen molar-refractivity contribution >= 4 is 35.0 Å². The fourth-order valence-corrected chi connectivity index (χ4v) is 4.02. The molecular weight excluding hydrogens is 384 g/mol. The lowest BCUT2D eigenvalue weighted by atomic mass is 10.2. The van der Waals surface area contributed by atoms with E-state index in [2.05, 4.69) is 5.32 Å². The topological polar surface area (TPSA) is 58.6 Å². The first-order valence-electron chi connectivity index (χ1n) is 9.35. The maximum absolute atomic E-state index is 12.8. The quantitative estimate of drug-likeness (QED) is 0.676. The molecule has 1 aliphatic rings. The van der Waals surface area contributed by atoms with Gasteiger partial charge >= 0.3 is 0 Å². The van der Waals surface area contributed by atoms with Crippen molar-refractivity contribution in [3.8, 4) is 5.75 Å². The number of hydrogen-bond acceptors (Lipinski definition) is 4. The highest BCUT2D eigenvalue weighted by molar-refractivity contribution is 7.99. The minimum absolute atomic E-state index is 0.0659. The predicted octanol–water partition coefficient (Wildman–Crippen LogP) is 4.59. The summed E-state index contributed by atoms with van der Waals surface area (Å²) < 4.78 is 5.64. The van der Waals surface area contributed by atoms with Crippen molar-refractivity contribution in [1.82, 2.24) is 0 Å². The molecule has 3 aromatic rings. The van der Waals surface area contributed by atoms with E-state index in [-0.39, 0.29) is 24.8 Å². The number of para-hydroxylation sites is 3. The third-order valence-electron chi connectivity index (χ3n) is 4.46. The Hall–Kier alpha value is -3.25. The zero-order valence-corrected chi connectivity index (χ0v) is 16.5. The molecule has 1 N–H and O–H groups in total. The third-order valence-corrected chi connectivity index (χ3v) is 5.55. The van der Waals surface area contributed by atoms with Crippen LogP contribution in [0.4, 0.5) is 11.4 Å². The minimum atomic E-state index is -0.254. The number of nitrogens with one attached hydrogen (secondary N) is 1. The van der Waals surface area contributed by atoms with Gasteiger partial charge in [0, 0.05) is 9.79 Å². The molecule has 1 heterocycles. The number of benzene rings is 3. The zero-order valence-electron chi connectivity index (χ0n) is 15.7. The molecule has 4 rings (SSSR count). The lowest BCUT2D eigenvalue weighted by Gasteiger charge is -2.21. The number of ether oxygens (including phenoxy) is 1. The van der Waals surface area contributed by atoms with Gasteiger partial charge in [-0.15, -0.1) is 0 Å². The molecule has 0 spiro atoms. The molecular formula is C23H20N2O3S. The van der Waals surface area contributed by atoms with E-state index in [1.807, 2.05) is 72.8 Å². The van der Waals surface area contributed by atoms with Gasteiger partial charge in [0.25, 0.3) is 0 Å². The van der Waals surface area contributed by atoms with E-state index in [1.165, 1.54) is 4.90 Å². The van der Waals surface area contributed by atoms with Crippen molar-refractivity contribution in [3.63, 3.8) is 0 Å². The van der Waals surface area contributed by atoms with E-state index in [9.17, 15) is 9.59 Å². The number of anilines is 2.